The van der Waals surface area contributed by atoms with Crippen LogP contribution in [0.5, 0.6) is 23.0 Å². The van der Waals surface area contributed by atoms with Gasteiger partial charge in [0.2, 0.25) is 0 Å². The first-order valence-electron chi connectivity index (χ1n) is 12.2. The molecule has 1 aliphatic heterocycles. The third-order valence-electron chi connectivity index (χ3n) is 6.94. The predicted molar refractivity (Wildman–Crippen MR) is 139 cm³/mol. The van der Waals surface area contributed by atoms with Gasteiger partial charge in [-0.3, -0.25) is 4.79 Å². The van der Waals surface area contributed by atoms with Crippen LogP contribution in [0.1, 0.15) is 47.0 Å². The lowest BCUT2D eigenvalue weighted by molar-refractivity contribution is 0.0648. The largest absolute Gasteiger partial charge is 0.493 e. The van der Waals surface area contributed by atoms with Gasteiger partial charge in [0.15, 0.2) is 28.8 Å². The minimum atomic E-state index is -0.304. The maximum Gasteiger partial charge on any atom is 0.310 e. The predicted octanol–water partition coefficient (Wildman–Crippen LogP) is 5.75. The maximum absolute atomic E-state index is 13.6. The van der Waals surface area contributed by atoms with E-state index in [2.05, 4.69) is 6.08 Å². The Morgan fingerprint density at radius 3 is 2.32 bits per heavy atom. The molecule has 2 aliphatic rings. The Morgan fingerprint density at radius 2 is 1.65 bits per heavy atom. The third-order valence-corrected chi connectivity index (χ3v) is 6.94. The van der Waals surface area contributed by atoms with Crippen LogP contribution in [0.3, 0.4) is 0 Å². The number of allylic oxidation sites excluding steroid dienone is 1. The maximum atomic E-state index is 13.6. The number of benzene rings is 2. The molecule has 1 fully saturated rings. The zero-order valence-electron chi connectivity index (χ0n) is 21.4. The second kappa shape index (κ2) is 10.4. The first kappa shape index (κ1) is 24.5. The Kier molecular flexibility index (Phi) is 6.90. The summed E-state index contributed by atoms with van der Waals surface area (Å²) in [6, 6.07) is 14.7. The quantitative estimate of drug-likeness (QED) is 0.409. The van der Waals surface area contributed by atoms with Crippen molar-refractivity contribution in [3.8, 4) is 23.0 Å². The number of nitrogens with zero attached hydrogens (tertiary/aromatic N) is 2. The van der Waals surface area contributed by atoms with Gasteiger partial charge in [-0.2, -0.15) is 5.10 Å². The first-order valence-corrected chi connectivity index (χ1v) is 12.2. The summed E-state index contributed by atoms with van der Waals surface area (Å²) >= 11 is 0. The van der Waals surface area contributed by atoms with Gasteiger partial charge in [-0.1, -0.05) is 12.1 Å². The van der Waals surface area contributed by atoms with E-state index in [1.54, 1.807) is 45.6 Å². The molecule has 0 radical (unpaired) electrons. The topological polar surface area (TPSA) is 82.7 Å². The van der Waals surface area contributed by atoms with E-state index in [0.717, 1.165) is 41.7 Å². The van der Waals surface area contributed by atoms with Crippen LogP contribution in [0.2, 0.25) is 0 Å². The highest BCUT2D eigenvalue weighted by molar-refractivity contribution is 6.09. The fourth-order valence-electron chi connectivity index (χ4n) is 5.19. The molecule has 0 N–H and O–H groups in total. The average molecular weight is 503 g/mol. The second-order valence-electron chi connectivity index (χ2n) is 8.95. The number of hydrazone groups is 1. The highest BCUT2D eigenvalue weighted by Crippen LogP contribution is 2.46. The van der Waals surface area contributed by atoms with E-state index in [0.29, 0.717) is 23.0 Å². The summed E-state index contributed by atoms with van der Waals surface area (Å²) in [4.78, 5) is 13.6. The number of furan rings is 1. The lowest BCUT2D eigenvalue weighted by Gasteiger charge is -2.29. The van der Waals surface area contributed by atoms with Crippen LogP contribution in [0.15, 0.2) is 69.9 Å². The van der Waals surface area contributed by atoms with Crippen molar-refractivity contribution in [3.05, 3.63) is 77.3 Å². The van der Waals surface area contributed by atoms with Crippen molar-refractivity contribution in [1.29, 1.82) is 0 Å². The fraction of sp³-hybridized carbons (Fsp3) is 0.310. The normalized spacial score (nSPS) is 19.8. The van der Waals surface area contributed by atoms with Crippen molar-refractivity contribution >= 4 is 17.7 Å². The van der Waals surface area contributed by atoms with Crippen molar-refractivity contribution in [3.63, 3.8) is 0 Å². The van der Waals surface area contributed by atoms with Gasteiger partial charge in [0.25, 0.3) is 0 Å². The van der Waals surface area contributed by atoms with E-state index in [-0.39, 0.29) is 23.6 Å². The van der Waals surface area contributed by atoms with Gasteiger partial charge in [0, 0.05) is 5.92 Å². The number of hydrogen-bond donors (Lipinski definition) is 0. The molecule has 1 aromatic heterocycles. The van der Waals surface area contributed by atoms with Crippen molar-refractivity contribution in [1.82, 2.24) is 5.01 Å². The second-order valence-corrected chi connectivity index (χ2v) is 8.95. The molecule has 2 atom stereocenters. The number of carbonyl (C=O) groups excluding carboxylic acids is 1. The van der Waals surface area contributed by atoms with Crippen LogP contribution < -0.4 is 18.9 Å². The summed E-state index contributed by atoms with van der Waals surface area (Å²) in [5, 5.41) is 6.48. The summed E-state index contributed by atoms with van der Waals surface area (Å²) < 4.78 is 27.3. The average Bonchev–Trinajstić information content (AvgIpc) is 3.61. The van der Waals surface area contributed by atoms with Gasteiger partial charge in [0.05, 0.1) is 46.5 Å². The fourth-order valence-corrected chi connectivity index (χ4v) is 5.19. The Bertz CT molecular complexity index is 1340. The van der Waals surface area contributed by atoms with Crippen LogP contribution in [0, 0.1) is 5.92 Å². The Balaban J connectivity index is 1.57. The van der Waals surface area contributed by atoms with Gasteiger partial charge in [-0.15, -0.1) is 0 Å². The van der Waals surface area contributed by atoms with Gasteiger partial charge in [-0.05, 0) is 78.4 Å². The number of ether oxygens (including phenoxy) is 4. The molecule has 1 amide bonds. The van der Waals surface area contributed by atoms with Gasteiger partial charge in [0.1, 0.15) is 0 Å². The molecular weight excluding hydrogens is 472 g/mol. The third kappa shape index (κ3) is 4.55. The molecule has 0 bridgehead atoms. The van der Waals surface area contributed by atoms with Crippen molar-refractivity contribution in [2.45, 2.75) is 25.3 Å². The molecule has 192 valence electrons. The molecule has 3 aromatic rings. The van der Waals surface area contributed by atoms with E-state index in [9.17, 15) is 4.79 Å². The minimum absolute atomic E-state index is 0.0251. The van der Waals surface area contributed by atoms with Crippen LogP contribution in [-0.2, 0) is 0 Å². The number of fused-ring (bicyclic) bond motifs is 1. The van der Waals surface area contributed by atoms with Crippen molar-refractivity contribution in [2.75, 3.05) is 28.4 Å². The van der Waals surface area contributed by atoms with E-state index in [4.69, 9.17) is 28.5 Å². The molecule has 5 rings (SSSR count). The lowest BCUT2D eigenvalue weighted by atomic mass is 9.77. The standard InChI is InChI=1S/C29H30N2O6/c1-33-22-12-10-18(16-25(22)35-3)15-19-7-5-8-21-27(19)30-31(29(32)24-9-6-14-37-24)28(21)20-11-13-23(34-2)26(17-20)36-4/h6,9-17,21,28H,5,7-8H2,1-4H3/b19-15-/t21-,28+/m1/s1. The van der Waals surface area contributed by atoms with Gasteiger partial charge >= 0.3 is 5.91 Å². The van der Waals surface area contributed by atoms with Gasteiger partial charge < -0.3 is 23.4 Å². The molecule has 0 unspecified atom stereocenters. The molecule has 0 spiro atoms. The van der Waals surface area contributed by atoms with E-state index >= 15 is 0 Å². The SMILES string of the molecule is COc1ccc(/C=C2/CCC[C@@H]3C2=NN(C(=O)c2ccco2)[C@H]3c2ccc(OC)c(OC)c2)cc1OC. The summed E-state index contributed by atoms with van der Waals surface area (Å²) in [6.07, 6.45) is 6.38. The van der Waals surface area contributed by atoms with Crippen LogP contribution in [0.4, 0.5) is 0 Å². The molecule has 8 nitrogen and oxygen atoms in total. The molecular formula is C29H30N2O6. The molecule has 8 heteroatoms. The number of carbonyl (C=O) groups is 1. The Hall–Kier alpha value is -4.20. The highest BCUT2D eigenvalue weighted by Gasteiger charge is 2.44. The van der Waals surface area contributed by atoms with Crippen molar-refractivity contribution < 1.29 is 28.2 Å². The van der Waals surface area contributed by atoms with Gasteiger partial charge in [-0.25, -0.2) is 5.01 Å². The van der Waals surface area contributed by atoms with E-state index < -0.39 is 0 Å². The molecule has 1 saturated carbocycles. The summed E-state index contributed by atoms with van der Waals surface area (Å²) in [5.41, 5.74) is 3.92. The Morgan fingerprint density at radius 1 is 0.946 bits per heavy atom. The summed E-state index contributed by atoms with van der Waals surface area (Å²) in [5.74, 6) is 2.57. The molecule has 2 aromatic carbocycles. The van der Waals surface area contributed by atoms with E-state index in [1.165, 1.54) is 6.26 Å². The van der Waals surface area contributed by atoms with Crippen LogP contribution in [-0.4, -0.2) is 45.1 Å². The van der Waals surface area contributed by atoms with Crippen molar-refractivity contribution in [2.24, 2.45) is 11.0 Å². The number of hydrogen-bond acceptors (Lipinski definition) is 7. The molecule has 37 heavy (non-hydrogen) atoms. The van der Waals surface area contributed by atoms with Crippen LogP contribution in [0.25, 0.3) is 6.08 Å². The zero-order valence-corrected chi connectivity index (χ0v) is 21.4. The lowest BCUT2D eigenvalue weighted by Crippen LogP contribution is -2.31. The Labute approximate surface area is 216 Å². The summed E-state index contributed by atoms with van der Waals surface area (Å²) in [7, 11) is 6.45. The summed E-state index contributed by atoms with van der Waals surface area (Å²) in [6.45, 7) is 0. The molecule has 1 aliphatic carbocycles. The number of rotatable bonds is 7. The zero-order chi connectivity index (χ0) is 25.9. The van der Waals surface area contributed by atoms with Crippen LogP contribution >= 0.6 is 0 Å². The molecule has 2 heterocycles. The molecule has 0 saturated heterocycles. The number of amides is 1. The monoisotopic (exact) mass is 502 g/mol. The number of methoxy groups -OCH3 is 4. The first-order chi connectivity index (χ1) is 18.1. The minimum Gasteiger partial charge on any atom is -0.493 e. The smallest absolute Gasteiger partial charge is 0.310 e. The van der Waals surface area contributed by atoms with E-state index in [1.807, 2.05) is 36.4 Å². The highest BCUT2D eigenvalue weighted by atomic mass is 16.5.